The Balaban J connectivity index is 2.33. The first-order valence-corrected chi connectivity index (χ1v) is 5.00. The van der Waals surface area contributed by atoms with Crippen LogP contribution in [0.4, 0.5) is 0 Å². The van der Waals surface area contributed by atoms with E-state index in [2.05, 4.69) is 20.2 Å². The van der Waals surface area contributed by atoms with Crippen LogP contribution >= 0.6 is 11.6 Å². The van der Waals surface area contributed by atoms with Crippen LogP contribution in [0.15, 0.2) is 36.8 Å². The molecule has 0 radical (unpaired) electrons. The maximum Gasteiger partial charge on any atom is 0.188 e. The average Bonchev–Trinajstić information content (AvgIpc) is 2.75. The molecule has 0 amide bonds. The molecule has 0 fully saturated rings. The number of hydrogen-bond acceptors (Lipinski definition) is 4. The second-order valence-electron chi connectivity index (χ2n) is 3.16. The summed E-state index contributed by atoms with van der Waals surface area (Å²) in [6, 6.07) is 5.58. The lowest BCUT2D eigenvalue weighted by Crippen LogP contribution is -1.93. The zero-order chi connectivity index (χ0) is 11.0. The first kappa shape index (κ1) is 9.23. The summed E-state index contributed by atoms with van der Waals surface area (Å²) in [4.78, 5) is 8.15. The number of nitrogens with zero attached hydrogens (tertiary/aromatic N) is 5. The minimum Gasteiger partial charge on any atom is -0.261 e. The molecule has 5 nitrogen and oxygen atoms in total. The van der Waals surface area contributed by atoms with Gasteiger partial charge in [0.15, 0.2) is 11.5 Å². The van der Waals surface area contributed by atoms with Crippen molar-refractivity contribution in [2.75, 3.05) is 0 Å². The summed E-state index contributed by atoms with van der Waals surface area (Å²) < 4.78 is 1.71. The summed E-state index contributed by atoms with van der Waals surface area (Å²) in [6.45, 7) is 0. The molecular weight excluding hydrogens is 226 g/mol. The highest BCUT2D eigenvalue weighted by Gasteiger charge is 2.10. The van der Waals surface area contributed by atoms with Crippen molar-refractivity contribution in [3.63, 3.8) is 0 Å². The molecule has 3 aromatic heterocycles. The van der Waals surface area contributed by atoms with E-state index in [0.29, 0.717) is 16.6 Å². The van der Waals surface area contributed by atoms with Crippen LogP contribution in [0.3, 0.4) is 0 Å². The van der Waals surface area contributed by atoms with E-state index in [1.165, 1.54) is 0 Å². The Morgan fingerprint density at radius 3 is 2.88 bits per heavy atom. The van der Waals surface area contributed by atoms with Crippen molar-refractivity contribution >= 4 is 17.2 Å². The number of halogens is 1. The summed E-state index contributed by atoms with van der Waals surface area (Å²) in [7, 11) is 0. The molecule has 0 aliphatic rings. The van der Waals surface area contributed by atoms with Crippen molar-refractivity contribution in [2.24, 2.45) is 0 Å². The molecule has 0 aromatic carbocycles. The Bertz CT molecular complexity index is 634. The molecule has 0 saturated heterocycles. The van der Waals surface area contributed by atoms with Crippen molar-refractivity contribution in [1.29, 1.82) is 0 Å². The third-order valence-electron chi connectivity index (χ3n) is 2.17. The summed E-state index contributed by atoms with van der Waals surface area (Å²) >= 11 is 6.05. The highest BCUT2D eigenvalue weighted by molar-refractivity contribution is 6.29. The second kappa shape index (κ2) is 3.53. The number of pyridine rings is 1. The van der Waals surface area contributed by atoms with E-state index >= 15 is 0 Å². The van der Waals surface area contributed by atoms with Gasteiger partial charge in [-0.1, -0.05) is 17.7 Å². The van der Waals surface area contributed by atoms with Crippen LogP contribution in [0.25, 0.3) is 17.2 Å². The zero-order valence-corrected chi connectivity index (χ0v) is 8.83. The molecule has 3 heterocycles. The van der Waals surface area contributed by atoms with E-state index in [0.717, 1.165) is 5.69 Å². The van der Waals surface area contributed by atoms with Gasteiger partial charge in [-0.3, -0.25) is 14.4 Å². The van der Waals surface area contributed by atoms with Crippen molar-refractivity contribution in [2.45, 2.75) is 0 Å². The van der Waals surface area contributed by atoms with Crippen molar-refractivity contribution in [1.82, 2.24) is 24.6 Å². The van der Waals surface area contributed by atoms with Crippen LogP contribution in [-0.2, 0) is 0 Å². The highest BCUT2D eigenvalue weighted by Crippen LogP contribution is 2.19. The van der Waals surface area contributed by atoms with E-state index in [1.807, 2.05) is 18.2 Å². The van der Waals surface area contributed by atoms with Gasteiger partial charge >= 0.3 is 0 Å². The predicted molar refractivity (Wildman–Crippen MR) is 59.0 cm³/mol. The molecule has 3 rings (SSSR count). The van der Waals surface area contributed by atoms with Gasteiger partial charge in [-0.25, -0.2) is 0 Å². The predicted octanol–water partition coefficient (Wildman–Crippen LogP) is 1.84. The van der Waals surface area contributed by atoms with Crippen LogP contribution in [0.5, 0.6) is 0 Å². The van der Waals surface area contributed by atoms with Crippen molar-refractivity contribution in [3.05, 3.63) is 41.9 Å². The first-order valence-electron chi connectivity index (χ1n) is 4.62. The average molecular weight is 232 g/mol. The number of fused-ring (bicyclic) bond motifs is 1. The van der Waals surface area contributed by atoms with E-state index in [9.17, 15) is 0 Å². The number of hydrogen-bond donors (Lipinski definition) is 0. The molecule has 16 heavy (non-hydrogen) atoms. The molecule has 0 bridgehead atoms. The largest absolute Gasteiger partial charge is 0.261 e. The van der Waals surface area contributed by atoms with Gasteiger partial charge in [0.25, 0.3) is 0 Å². The molecule has 0 aliphatic heterocycles. The maximum absolute atomic E-state index is 6.05. The van der Waals surface area contributed by atoms with Gasteiger partial charge in [-0.05, 0) is 12.1 Å². The Kier molecular flexibility index (Phi) is 2.04. The lowest BCUT2D eigenvalue weighted by Gasteiger charge is -1.99. The number of aromatic nitrogens is 5. The van der Waals surface area contributed by atoms with Gasteiger partial charge in [-0.15, -0.1) is 10.2 Å². The fourth-order valence-corrected chi connectivity index (χ4v) is 1.70. The van der Waals surface area contributed by atoms with Crippen molar-refractivity contribution < 1.29 is 0 Å². The van der Waals surface area contributed by atoms with Crippen LogP contribution in [-0.4, -0.2) is 24.6 Å². The molecule has 0 atom stereocenters. The second-order valence-corrected chi connectivity index (χ2v) is 3.55. The van der Waals surface area contributed by atoms with E-state index in [4.69, 9.17) is 11.6 Å². The van der Waals surface area contributed by atoms with E-state index < -0.39 is 0 Å². The SMILES string of the molecule is Clc1cncc2nnc(-c3ccccn3)n12. The minimum absolute atomic E-state index is 0.461. The zero-order valence-electron chi connectivity index (χ0n) is 8.08. The third kappa shape index (κ3) is 1.33. The monoisotopic (exact) mass is 231 g/mol. The van der Waals surface area contributed by atoms with Gasteiger partial charge in [0, 0.05) is 6.20 Å². The molecule has 6 heteroatoms. The van der Waals surface area contributed by atoms with Crippen molar-refractivity contribution in [3.8, 4) is 11.5 Å². The van der Waals surface area contributed by atoms with Gasteiger partial charge in [0.2, 0.25) is 0 Å². The van der Waals surface area contributed by atoms with E-state index in [-0.39, 0.29) is 0 Å². The Morgan fingerprint density at radius 2 is 2.06 bits per heavy atom. The minimum atomic E-state index is 0.461. The summed E-state index contributed by atoms with van der Waals surface area (Å²) in [6.07, 6.45) is 4.85. The fourth-order valence-electron chi connectivity index (χ4n) is 1.47. The summed E-state index contributed by atoms with van der Waals surface area (Å²) in [5.74, 6) is 0.614. The quantitative estimate of drug-likeness (QED) is 0.641. The van der Waals surface area contributed by atoms with Gasteiger partial charge in [-0.2, -0.15) is 0 Å². The lowest BCUT2D eigenvalue weighted by atomic mass is 10.3. The fraction of sp³-hybridized carbons (Fsp3) is 0. The van der Waals surface area contributed by atoms with Crippen LogP contribution in [0.1, 0.15) is 0 Å². The number of rotatable bonds is 1. The molecule has 78 valence electrons. The maximum atomic E-state index is 6.05. The van der Waals surface area contributed by atoms with Gasteiger partial charge in [0.1, 0.15) is 10.8 Å². The Labute approximate surface area is 95.8 Å². The Hall–Kier alpha value is -2.01. The summed E-state index contributed by atoms with van der Waals surface area (Å²) in [5, 5.41) is 8.50. The molecule has 0 aliphatic carbocycles. The smallest absolute Gasteiger partial charge is 0.188 e. The van der Waals surface area contributed by atoms with Gasteiger partial charge in [0.05, 0.1) is 12.4 Å². The van der Waals surface area contributed by atoms with Crippen LogP contribution < -0.4 is 0 Å². The standard InChI is InChI=1S/C10H6ClN5/c11-8-5-12-6-9-14-15-10(16(8)9)7-3-1-2-4-13-7/h1-6H. The topological polar surface area (TPSA) is 56.0 Å². The molecule has 0 unspecified atom stereocenters. The van der Waals surface area contributed by atoms with Crippen LogP contribution in [0, 0.1) is 0 Å². The third-order valence-corrected chi connectivity index (χ3v) is 2.43. The molecule has 0 saturated carbocycles. The lowest BCUT2D eigenvalue weighted by molar-refractivity contribution is 1.09. The molecule has 3 aromatic rings. The highest BCUT2D eigenvalue weighted by atomic mass is 35.5. The summed E-state index contributed by atoms with van der Waals surface area (Å²) in [5.41, 5.74) is 1.33. The van der Waals surface area contributed by atoms with Crippen LogP contribution in [0.2, 0.25) is 5.15 Å². The van der Waals surface area contributed by atoms with Gasteiger partial charge < -0.3 is 0 Å². The van der Waals surface area contributed by atoms with E-state index in [1.54, 1.807) is 23.0 Å². The molecule has 0 spiro atoms. The molecular formula is C10H6ClN5. The normalized spacial score (nSPS) is 10.8. The molecule has 0 N–H and O–H groups in total. The first-order chi connectivity index (χ1) is 7.86. The Morgan fingerprint density at radius 1 is 1.12 bits per heavy atom.